The van der Waals surface area contributed by atoms with Gasteiger partial charge in [-0.1, -0.05) is 29.8 Å². The summed E-state index contributed by atoms with van der Waals surface area (Å²) in [4.78, 5) is 27.9. The number of anilines is 2. The topological polar surface area (TPSA) is 58.6 Å². The van der Waals surface area contributed by atoms with Gasteiger partial charge >= 0.3 is 0 Å². The number of rotatable bonds is 5. The highest BCUT2D eigenvalue weighted by Crippen LogP contribution is 2.36. The Morgan fingerprint density at radius 2 is 1.61 bits per heavy atom. The third-order valence-electron chi connectivity index (χ3n) is 4.99. The molecule has 3 aromatic carbocycles. The van der Waals surface area contributed by atoms with Gasteiger partial charge in [-0.25, -0.2) is 9.29 Å². The number of carbonyl (C=O) groups is 2. The van der Waals surface area contributed by atoms with Gasteiger partial charge < -0.3 is 10.1 Å². The van der Waals surface area contributed by atoms with E-state index in [2.05, 4.69) is 5.32 Å². The van der Waals surface area contributed by atoms with E-state index in [9.17, 15) is 14.0 Å². The number of methoxy groups -OCH3 is 1. The zero-order valence-electron chi connectivity index (χ0n) is 16.8. The first-order valence-corrected chi connectivity index (χ1v) is 9.83. The number of benzene rings is 3. The molecule has 1 N–H and O–H groups in total. The summed E-state index contributed by atoms with van der Waals surface area (Å²) in [5.74, 6) is -0.819. The summed E-state index contributed by atoms with van der Waals surface area (Å²) in [5, 5.41) is 3.46. The van der Waals surface area contributed by atoms with Gasteiger partial charge in [0.2, 0.25) is 0 Å². The maximum Gasteiger partial charge on any atom is 0.282 e. The molecule has 0 atom stereocenters. The number of nitrogens with zero attached hydrogens (tertiary/aromatic N) is 1. The standard InChI is InChI=1S/C24H18ClFN2O3/c1-14-3-6-16(25)13-20(14)28-23(29)21(15-4-7-17(26)8-5-15)22(24(28)30)27-18-9-11-19(31-2)12-10-18/h3-13,27H,1-2H3. The molecule has 0 bridgehead atoms. The molecule has 7 heteroatoms. The molecule has 0 spiro atoms. The Morgan fingerprint density at radius 3 is 2.26 bits per heavy atom. The summed E-state index contributed by atoms with van der Waals surface area (Å²) in [6.07, 6.45) is 0. The van der Waals surface area contributed by atoms with Crippen LogP contribution in [0.5, 0.6) is 5.75 Å². The fourth-order valence-electron chi connectivity index (χ4n) is 3.39. The fourth-order valence-corrected chi connectivity index (χ4v) is 3.56. The second kappa shape index (κ2) is 8.24. The van der Waals surface area contributed by atoms with Gasteiger partial charge in [-0.05, 0) is 66.6 Å². The minimum absolute atomic E-state index is 0.0983. The van der Waals surface area contributed by atoms with Crippen LogP contribution in [0, 0.1) is 12.7 Å². The minimum atomic E-state index is -0.523. The van der Waals surface area contributed by atoms with E-state index in [1.54, 1.807) is 56.5 Å². The van der Waals surface area contributed by atoms with Crippen LogP contribution in [0.25, 0.3) is 5.57 Å². The van der Waals surface area contributed by atoms with Gasteiger partial charge in [0.15, 0.2) is 0 Å². The molecule has 0 unspecified atom stereocenters. The van der Waals surface area contributed by atoms with Crippen molar-refractivity contribution in [2.75, 3.05) is 17.3 Å². The van der Waals surface area contributed by atoms with Crippen molar-refractivity contribution in [2.24, 2.45) is 0 Å². The smallest absolute Gasteiger partial charge is 0.282 e. The molecule has 0 aliphatic carbocycles. The minimum Gasteiger partial charge on any atom is -0.497 e. The Labute approximate surface area is 183 Å². The summed E-state index contributed by atoms with van der Waals surface area (Å²) in [6.45, 7) is 1.79. The summed E-state index contributed by atoms with van der Waals surface area (Å²) >= 11 is 6.12. The molecular weight excluding hydrogens is 419 g/mol. The predicted molar refractivity (Wildman–Crippen MR) is 119 cm³/mol. The van der Waals surface area contributed by atoms with Crippen LogP contribution in [-0.2, 0) is 9.59 Å². The quantitative estimate of drug-likeness (QED) is 0.559. The lowest BCUT2D eigenvalue weighted by molar-refractivity contribution is -0.120. The zero-order valence-corrected chi connectivity index (χ0v) is 17.5. The largest absolute Gasteiger partial charge is 0.497 e. The summed E-state index contributed by atoms with van der Waals surface area (Å²) in [5.41, 5.74) is 2.39. The maximum absolute atomic E-state index is 13.5. The zero-order chi connectivity index (χ0) is 22.1. The van der Waals surface area contributed by atoms with Crippen LogP contribution < -0.4 is 15.0 Å². The molecule has 31 heavy (non-hydrogen) atoms. The number of halogens is 2. The third-order valence-corrected chi connectivity index (χ3v) is 5.22. The molecule has 1 aliphatic heterocycles. The first kappa shape index (κ1) is 20.6. The maximum atomic E-state index is 13.5. The molecule has 0 aromatic heterocycles. The number of amides is 2. The van der Waals surface area contributed by atoms with E-state index in [0.29, 0.717) is 27.7 Å². The summed E-state index contributed by atoms with van der Waals surface area (Å²) in [6, 6.07) is 17.4. The van der Waals surface area contributed by atoms with Crippen LogP contribution in [0.2, 0.25) is 5.02 Å². The van der Waals surface area contributed by atoms with Gasteiger partial charge in [0, 0.05) is 10.7 Å². The average Bonchev–Trinajstić information content (AvgIpc) is 3.00. The molecule has 0 saturated carbocycles. The average molecular weight is 437 g/mol. The van der Waals surface area contributed by atoms with E-state index in [1.165, 1.54) is 24.3 Å². The number of hydrogen-bond acceptors (Lipinski definition) is 4. The number of hydrogen-bond donors (Lipinski definition) is 1. The lowest BCUT2D eigenvalue weighted by Gasteiger charge is -2.18. The molecule has 156 valence electrons. The highest BCUT2D eigenvalue weighted by Gasteiger charge is 2.40. The first-order valence-electron chi connectivity index (χ1n) is 9.45. The van der Waals surface area contributed by atoms with E-state index in [-0.39, 0.29) is 11.3 Å². The van der Waals surface area contributed by atoms with Crippen LogP contribution in [0.15, 0.2) is 72.4 Å². The number of ether oxygens (including phenoxy) is 1. The van der Waals surface area contributed by atoms with Gasteiger partial charge in [-0.3, -0.25) is 9.59 Å². The Morgan fingerprint density at radius 1 is 0.935 bits per heavy atom. The van der Waals surface area contributed by atoms with Crippen molar-refractivity contribution < 1.29 is 18.7 Å². The molecule has 0 fully saturated rings. The van der Waals surface area contributed by atoms with E-state index >= 15 is 0 Å². The van der Waals surface area contributed by atoms with Crippen molar-refractivity contribution in [1.29, 1.82) is 0 Å². The third kappa shape index (κ3) is 3.90. The van der Waals surface area contributed by atoms with Crippen LogP contribution in [0.3, 0.4) is 0 Å². The van der Waals surface area contributed by atoms with Gasteiger partial charge in [-0.2, -0.15) is 0 Å². The molecule has 1 heterocycles. The SMILES string of the molecule is COc1ccc(NC2=C(c3ccc(F)cc3)C(=O)N(c3cc(Cl)ccc3C)C2=O)cc1. The van der Waals surface area contributed by atoms with Crippen molar-refractivity contribution in [3.63, 3.8) is 0 Å². The van der Waals surface area contributed by atoms with Crippen molar-refractivity contribution >= 4 is 40.4 Å². The second-order valence-corrected chi connectivity index (χ2v) is 7.42. The van der Waals surface area contributed by atoms with E-state index in [4.69, 9.17) is 16.3 Å². The fraction of sp³-hybridized carbons (Fsp3) is 0.0833. The van der Waals surface area contributed by atoms with Gasteiger partial charge in [0.25, 0.3) is 11.8 Å². The number of carbonyl (C=O) groups excluding carboxylic acids is 2. The van der Waals surface area contributed by atoms with E-state index in [1.807, 2.05) is 0 Å². The molecular formula is C24H18ClFN2O3. The molecule has 2 amide bonds. The highest BCUT2D eigenvalue weighted by molar-refractivity contribution is 6.46. The van der Waals surface area contributed by atoms with Crippen LogP contribution in [0.1, 0.15) is 11.1 Å². The van der Waals surface area contributed by atoms with E-state index < -0.39 is 17.6 Å². The monoisotopic (exact) mass is 436 g/mol. The highest BCUT2D eigenvalue weighted by atomic mass is 35.5. The molecule has 0 radical (unpaired) electrons. The van der Waals surface area contributed by atoms with Crippen molar-refractivity contribution in [3.05, 3.63) is 94.4 Å². The van der Waals surface area contributed by atoms with Crippen LogP contribution >= 0.6 is 11.6 Å². The van der Waals surface area contributed by atoms with Crippen molar-refractivity contribution in [2.45, 2.75) is 6.92 Å². The Hall–Kier alpha value is -3.64. The van der Waals surface area contributed by atoms with Crippen molar-refractivity contribution in [1.82, 2.24) is 0 Å². The van der Waals surface area contributed by atoms with Crippen molar-refractivity contribution in [3.8, 4) is 5.75 Å². The molecule has 1 aliphatic rings. The molecule has 4 rings (SSSR count). The predicted octanol–water partition coefficient (Wildman–Crippen LogP) is 5.19. The van der Waals surface area contributed by atoms with Gasteiger partial charge in [0.05, 0.1) is 18.4 Å². The molecule has 5 nitrogen and oxygen atoms in total. The lowest BCUT2D eigenvalue weighted by atomic mass is 10.0. The first-order chi connectivity index (χ1) is 14.9. The van der Waals surface area contributed by atoms with Gasteiger partial charge in [0.1, 0.15) is 17.3 Å². The summed E-state index contributed by atoms with van der Waals surface area (Å²) < 4.78 is 18.6. The normalized spacial score (nSPS) is 13.7. The number of aryl methyl sites for hydroxylation is 1. The molecule has 0 saturated heterocycles. The number of nitrogens with one attached hydrogen (secondary N) is 1. The Balaban J connectivity index is 1.82. The van der Waals surface area contributed by atoms with E-state index in [0.717, 1.165) is 10.5 Å². The van der Waals surface area contributed by atoms with Crippen LogP contribution in [-0.4, -0.2) is 18.9 Å². The lowest BCUT2D eigenvalue weighted by Crippen LogP contribution is -2.33. The van der Waals surface area contributed by atoms with Gasteiger partial charge in [-0.15, -0.1) is 0 Å². The summed E-state index contributed by atoms with van der Waals surface area (Å²) in [7, 11) is 1.56. The Kier molecular flexibility index (Phi) is 5.48. The Bertz CT molecular complexity index is 1200. The van der Waals surface area contributed by atoms with Crippen LogP contribution in [0.4, 0.5) is 15.8 Å². The molecule has 3 aromatic rings. The number of imide groups is 1. The second-order valence-electron chi connectivity index (χ2n) is 6.99.